The quantitative estimate of drug-likeness (QED) is 0.625. The fourth-order valence-corrected chi connectivity index (χ4v) is 3.00. The number of fused-ring (bicyclic) bond motifs is 1. The second kappa shape index (κ2) is 4.51. The molecular weight excluding hydrogens is 214 g/mol. The van der Waals surface area contributed by atoms with E-state index in [4.69, 9.17) is 5.73 Å². The lowest BCUT2D eigenvalue weighted by atomic mass is 10.1. The molecule has 2 N–H and O–H groups in total. The summed E-state index contributed by atoms with van der Waals surface area (Å²) in [6, 6.07) is 0. The summed E-state index contributed by atoms with van der Waals surface area (Å²) in [6.07, 6.45) is 2.88. The van der Waals surface area contributed by atoms with Crippen LogP contribution < -0.4 is 5.73 Å². The summed E-state index contributed by atoms with van der Waals surface area (Å²) in [7, 11) is 0. The lowest BCUT2D eigenvalue weighted by molar-refractivity contribution is 0.820. The van der Waals surface area contributed by atoms with Crippen LogP contribution in [-0.4, -0.2) is 22.8 Å². The molecule has 5 heteroatoms. The van der Waals surface area contributed by atoms with Gasteiger partial charge >= 0.3 is 0 Å². The van der Waals surface area contributed by atoms with Crippen molar-refractivity contribution in [1.82, 2.24) is 9.97 Å². The first kappa shape index (κ1) is 10.3. The molecule has 0 saturated heterocycles. The average molecular weight is 227 g/mol. The molecule has 0 spiro atoms. The van der Waals surface area contributed by atoms with Crippen LogP contribution in [0.5, 0.6) is 0 Å². The van der Waals surface area contributed by atoms with Crippen molar-refractivity contribution in [1.29, 1.82) is 0 Å². The van der Waals surface area contributed by atoms with E-state index in [0.717, 1.165) is 28.8 Å². The molecule has 0 bridgehead atoms. The Kier molecular flexibility index (Phi) is 3.30. The highest BCUT2D eigenvalue weighted by atomic mass is 32.2. The molecule has 76 valence electrons. The standard InChI is InChI=1S/C9H13N3S2/c1-13-9-11-7(2-3-10)6-4-14-5-8(6)12-9/h2-5,10H2,1H3. The highest BCUT2D eigenvalue weighted by molar-refractivity contribution is 7.98. The Morgan fingerprint density at radius 3 is 3.00 bits per heavy atom. The van der Waals surface area contributed by atoms with Gasteiger partial charge in [0, 0.05) is 23.5 Å². The van der Waals surface area contributed by atoms with Crippen molar-refractivity contribution < 1.29 is 0 Å². The van der Waals surface area contributed by atoms with Gasteiger partial charge in [-0.1, -0.05) is 11.8 Å². The Labute approximate surface area is 92.3 Å². The van der Waals surface area contributed by atoms with E-state index in [1.54, 1.807) is 11.8 Å². The second-order valence-corrected chi connectivity index (χ2v) is 4.87. The molecule has 1 aliphatic rings. The maximum absolute atomic E-state index is 5.57. The summed E-state index contributed by atoms with van der Waals surface area (Å²) in [5.41, 5.74) is 9.28. The molecule has 0 amide bonds. The van der Waals surface area contributed by atoms with Crippen molar-refractivity contribution in [3.63, 3.8) is 0 Å². The Morgan fingerprint density at radius 2 is 2.29 bits per heavy atom. The predicted molar refractivity (Wildman–Crippen MR) is 61.6 cm³/mol. The molecule has 1 aromatic rings. The van der Waals surface area contributed by atoms with Gasteiger partial charge in [0.05, 0.1) is 11.4 Å². The van der Waals surface area contributed by atoms with Crippen LogP contribution in [0.4, 0.5) is 0 Å². The minimum absolute atomic E-state index is 0.669. The van der Waals surface area contributed by atoms with Crippen LogP contribution in [0.25, 0.3) is 0 Å². The molecule has 0 unspecified atom stereocenters. The fraction of sp³-hybridized carbons (Fsp3) is 0.556. The van der Waals surface area contributed by atoms with Gasteiger partial charge in [-0.15, -0.1) is 0 Å². The summed E-state index contributed by atoms with van der Waals surface area (Å²) in [5, 5.41) is 0.884. The SMILES string of the molecule is CSc1nc(CCN)c2c(n1)CSC2. The maximum atomic E-state index is 5.57. The van der Waals surface area contributed by atoms with Gasteiger partial charge in [-0.25, -0.2) is 9.97 Å². The second-order valence-electron chi connectivity index (χ2n) is 3.11. The van der Waals surface area contributed by atoms with Gasteiger partial charge in [0.15, 0.2) is 5.16 Å². The molecule has 0 fully saturated rings. The number of thioether (sulfide) groups is 2. The van der Waals surface area contributed by atoms with Gasteiger partial charge in [0.2, 0.25) is 0 Å². The lowest BCUT2D eigenvalue weighted by Gasteiger charge is -2.06. The van der Waals surface area contributed by atoms with Crippen molar-refractivity contribution in [2.24, 2.45) is 5.73 Å². The van der Waals surface area contributed by atoms with Crippen LogP contribution in [0.1, 0.15) is 17.0 Å². The summed E-state index contributed by atoms with van der Waals surface area (Å²) in [4.78, 5) is 9.02. The summed E-state index contributed by atoms with van der Waals surface area (Å²) < 4.78 is 0. The minimum atomic E-state index is 0.669. The van der Waals surface area contributed by atoms with Gasteiger partial charge < -0.3 is 5.73 Å². The number of aromatic nitrogens is 2. The zero-order valence-corrected chi connectivity index (χ0v) is 9.75. The van der Waals surface area contributed by atoms with E-state index in [1.807, 2.05) is 18.0 Å². The van der Waals surface area contributed by atoms with E-state index < -0.39 is 0 Å². The smallest absolute Gasteiger partial charge is 0.187 e. The summed E-state index contributed by atoms with van der Waals surface area (Å²) in [6.45, 7) is 0.669. The van der Waals surface area contributed by atoms with E-state index in [-0.39, 0.29) is 0 Å². The van der Waals surface area contributed by atoms with Gasteiger partial charge in [-0.05, 0) is 12.8 Å². The molecule has 0 aliphatic carbocycles. The third-order valence-electron chi connectivity index (χ3n) is 2.21. The van der Waals surface area contributed by atoms with Crippen molar-refractivity contribution in [2.75, 3.05) is 12.8 Å². The van der Waals surface area contributed by atoms with E-state index in [1.165, 1.54) is 11.3 Å². The zero-order valence-electron chi connectivity index (χ0n) is 8.12. The highest BCUT2D eigenvalue weighted by Crippen LogP contribution is 2.31. The van der Waals surface area contributed by atoms with Crippen molar-refractivity contribution in [3.8, 4) is 0 Å². The number of hydrogen-bond acceptors (Lipinski definition) is 5. The Balaban J connectivity index is 2.41. The van der Waals surface area contributed by atoms with Crippen LogP contribution in [0.15, 0.2) is 5.16 Å². The zero-order chi connectivity index (χ0) is 9.97. The van der Waals surface area contributed by atoms with Crippen LogP contribution in [0.3, 0.4) is 0 Å². The van der Waals surface area contributed by atoms with Gasteiger partial charge in [0.1, 0.15) is 0 Å². The van der Waals surface area contributed by atoms with Crippen molar-refractivity contribution in [3.05, 3.63) is 17.0 Å². The fourth-order valence-electron chi connectivity index (χ4n) is 1.53. The first-order chi connectivity index (χ1) is 6.85. The van der Waals surface area contributed by atoms with Crippen LogP contribution in [-0.2, 0) is 17.9 Å². The Hall–Kier alpha value is -0.260. The highest BCUT2D eigenvalue weighted by Gasteiger charge is 2.18. The molecule has 0 radical (unpaired) electrons. The predicted octanol–water partition coefficient (Wildman–Crippen LogP) is 1.45. The summed E-state index contributed by atoms with van der Waals surface area (Å²) in [5.74, 6) is 2.09. The number of hydrogen-bond donors (Lipinski definition) is 1. The molecule has 0 atom stereocenters. The molecule has 2 heterocycles. The summed E-state index contributed by atoms with van der Waals surface area (Å²) >= 11 is 3.51. The third-order valence-corrected chi connectivity index (χ3v) is 3.72. The molecule has 1 aliphatic heterocycles. The molecule has 0 aromatic carbocycles. The van der Waals surface area contributed by atoms with Gasteiger partial charge in [0.25, 0.3) is 0 Å². The normalized spacial score (nSPS) is 14.4. The first-order valence-electron chi connectivity index (χ1n) is 4.55. The molecule has 3 nitrogen and oxygen atoms in total. The number of rotatable bonds is 3. The molecule has 1 aromatic heterocycles. The van der Waals surface area contributed by atoms with Crippen molar-refractivity contribution in [2.45, 2.75) is 23.1 Å². The van der Waals surface area contributed by atoms with Crippen LogP contribution in [0.2, 0.25) is 0 Å². The minimum Gasteiger partial charge on any atom is -0.330 e. The Bertz CT molecular complexity index is 341. The van der Waals surface area contributed by atoms with E-state index in [2.05, 4.69) is 9.97 Å². The van der Waals surface area contributed by atoms with E-state index in [0.29, 0.717) is 6.54 Å². The number of nitrogens with two attached hydrogens (primary N) is 1. The monoisotopic (exact) mass is 227 g/mol. The van der Waals surface area contributed by atoms with E-state index >= 15 is 0 Å². The van der Waals surface area contributed by atoms with E-state index in [9.17, 15) is 0 Å². The largest absolute Gasteiger partial charge is 0.330 e. The van der Waals surface area contributed by atoms with Gasteiger partial charge in [-0.2, -0.15) is 11.8 Å². The van der Waals surface area contributed by atoms with Gasteiger partial charge in [-0.3, -0.25) is 0 Å². The van der Waals surface area contributed by atoms with Crippen molar-refractivity contribution >= 4 is 23.5 Å². The average Bonchev–Trinajstić information content (AvgIpc) is 2.66. The molecular formula is C9H13N3S2. The first-order valence-corrected chi connectivity index (χ1v) is 6.93. The number of nitrogens with zero attached hydrogens (tertiary/aromatic N) is 2. The molecule has 0 saturated carbocycles. The van der Waals surface area contributed by atoms with Crippen LogP contribution >= 0.6 is 23.5 Å². The van der Waals surface area contributed by atoms with Crippen LogP contribution in [0, 0.1) is 0 Å². The molecule has 14 heavy (non-hydrogen) atoms. The molecule has 2 rings (SSSR count). The third kappa shape index (κ3) is 1.89. The Morgan fingerprint density at radius 1 is 1.43 bits per heavy atom. The maximum Gasteiger partial charge on any atom is 0.187 e. The topological polar surface area (TPSA) is 51.8 Å². The lowest BCUT2D eigenvalue weighted by Crippen LogP contribution is -2.09.